The van der Waals surface area contributed by atoms with Gasteiger partial charge in [-0.05, 0) is 49.5 Å². The molecular weight excluding hydrogens is 424 g/mol. The third-order valence-corrected chi connectivity index (χ3v) is 5.71. The molecule has 3 heterocycles. The van der Waals surface area contributed by atoms with Gasteiger partial charge in [-0.2, -0.15) is 5.10 Å². The lowest BCUT2D eigenvalue weighted by Crippen LogP contribution is -2.55. The molecular formula is C24H28N4O5. The molecule has 3 aliphatic heterocycles. The van der Waals surface area contributed by atoms with Crippen LogP contribution in [0.4, 0.5) is 5.69 Å². The van der Waals surface area contributed by atoms with Crippen molar-refractivity contribution in [2.45, 2.75) is 32.9 Å². The molecule has 0 aliphatic carbocycles. The maximum absolute atomic E-state index is 12.2. The second-order valence-electron chi connectivity index (χ2n) is 8.29. The van der Waals surface area contributed by atoms with Gasteiger partial charge in [0.1, 0.15) is 30.8 Å². The molecule has 3 N–H and O–H groups in total. The van der Waals surface area contributed by atoms with E-state index in [0.29, 0.717) is 19.1 Å². The van der Waals surface area contributed by atoms with Crippen LogP contribution in [-0.2, 0) is 22.6 Å². The smallest absolute Gasteiger partial charge is 0.300 e. The number of hydrazone groups is 1. The van der Waals surface area contributed by atoms with E-state index in [9.17, 15) is 4.79 Å². The Kier molecular flexibility index (Phi) is 6.79. The number of anilines is 1. The van der Waals surface area contributed by atoms with Gasteiger partial charge in [0, 0.05) is 13.0 Å². The third kappa shape index (κ3) is 5.25. The number of nitrogens with zero attached hydrogens (tertiary/aromatic N) is 2. The van der Waals surface area contributed by atoms with Crippen LogP contribution in [0.15, 0.2) is 47.6 Å². The molecule has 0 bridgehead atoms. The van der Waals surface area contributed by atoms with E-state index in [-0.39, 0.29) is 11.9 Å². The van der Waals surface area contributed by atoms with Crippen molar-refractivity contribution in [1.82, 2.24) is 10.7 Å². The molecule has 1 amide bonds. The van der Waals surface area contributed by atoms with Gasteiger partial charge in [0.15, 0.2) is 5.84 Å². The summed E-state index contributed by atoms with van der Waals surface area (Å²) < 4.78 is 12.2. The van der Waals surface area contributed by atoms with Gasteiger partial charge in [-0.25, -0.2) is 5.43 Å². The van der Waals surface area contributed by atoms with E-state index >= 15 is 0 Å². The summed E-state index contributed by atoms with van der Waals surface area (Å²) in [6.45, 7) is 5.82. The van der Waals surface area contributed by atoms with Gasteiger partial charge in [0.25, 0.3) is 11.9 Å². The number of aliphatic carboxylic acids is 1. The molecule has 9 heteroatoms. The first-order valence-electron chi connectivity index (χ1n) is 10.9. The summed E-state index contributed by atoms with van der Waals surface area (Å²) in [5.41, 5.74) is 5.71. The molecule has 9 nitrogen and oxygen atoms in total. The number of hydrogen-bond donors (Lipinski definition) is 3. The molecule has 0 saturated carbocycles. The number of benzene rings is 2. The predicted octanol–water partition coefficient (Wildman–Crippen LogP) is 2.15. The Balaban J connectivity index is 0.000000601. The Morgan fingerprint density at radius 3 is 2.67 bits per heavy atom. The van der Waals surface area contributed by atoms with Crippen molar-refractivity contribution in [3.05, 3.63) is 53.6 Å². The first-order chi connectivity index (χ1) is 15.9. The maximum Gasteiger partial charge on any atom is 0.300 e. The molecule has 0 aromatic heterocycles. The highest BCUT2D eigenvalue weighted by Gasteiger charge is 2.36. The van der Waals surface area contributed by atoms with Gasteiger partial charge < -0.3 is 24.8 Å². The third-order valence-electron chi connectivity index (χ3n) is 5.71. The first kappa shape index (κ1) is 22.6. The van der Waals surface area contributed by atoms with Gasteiger partial charge in [0.2, 0.25) is 0 Å². The first-order valence-corrected chi connectivity index (χ1v) is 10.9. The fraction of sp³-hybridized carbons (Fsp3) is 0.375. The molecule has 0 spiro atoms. The van der Waals surface area contributed by atoms with Gasteiger partial charge in [-0.15, -0.1) is 0 Å². The summed E-state index contributed by atoms with van der Waals surface area (Å²) in [4.78, 5) is 23.1. The van der Waals surface area contributed by atoms with E-state index in [0.717, 1.165) is 60.6 Å². The molecule has 1 fully saturated rings. The van der Waals surface area contributed by atoms with Crippen molar-refractivity contribution in [3.63, 3.8) is 0 Å². The Hall–Kier alpha value is -3.59. The van der Waals surface area contributed by atoms with Crippen LogP contribution in [0.25, 0.3) is 0 Å². The average molecular weight is 453 g/mol. The van der Waals surface area contributed by atoms with E-state index in [1.165, 1.54) is 0 Å². The molecule has 1 atom stereocenters. The van der Waals surface area contributed by atoms with Gasteiger partial charge in [0.05, 0.1) is 5.69 Å². The standard InChI is InChI=1S/C22H24N4O3.C2H4O2/c1-14-22(27)25-24-21-13-29-20-9-19(28-12-15-5-3-2-4-6-15)17(7-16-10-23-11-16)8-18(20)26(14)21;1-2(3)4/h2-6,8-9,14,16,23H,7,10-13H2,1H3,(H,25,27);1H3,(H,3,4). The second kappa shape index (κ2) is 9.91. The van der Waals surface area contributed by atoms with Crippen LogP contribution in [0, 0.1) is 5.92 Å². The van der Waals surface area contributed by atoms with Crippen LogP contribution in [0.2, 0.25) is 0 Å². The van der Waals surface area contributed by atoms with Crippen LogP contribution in [0.5, 0.6) is 11.5 Å². The summed E-state index contributed by atoms with van der Waals surface area (Å²) in [6, 6.07) is 13.9. The molecule has 2 aromatic carbocycles. The van der Waals surface area contributed by atoms with Crippen molar-refractivity contribution in [2.75, 3.05) is 24.6 Å². The minimum Gasteiger partial charge on any atom is -0.488 e. The molecule has 2 aromatic rings. The monoisotopic (exact) mass is 452 g/mol. The van der Waals surface area contributed by atoms with Crippen LogP contribution in [-0.4, -0.2) is 48.6 Å². The van der Waals surface area contributed by atoms with Gasteiger partial charge in [-0.1, -0.05) is 30.3 Å². The van der Waals surface area contributed by atoms with Crippen LogP contribution in [0.3, 0.4) is 0 Å². The van der Waals surface area contributed by atoms with Crippen molar-refractivity contribution < 1.29 is 24.2 Å². The maximum atomic E-state index is 12.2. The summed E-state index contributed by atoms with van der Waals surface area (Å²) in [5, 5.41) is 14.9. The zero-order valence-corrected chi connectivity index (χ0v) is 18.7. The largest absolute Gasteiger partial charge is 0.488 e. The fourth-order valence-corrected chi connectivity index (χ4v) is 3.93. The molecule has 0 radical (unpaired) electrons. The lowest BCUT2D eigenvalue weighted by atomic mass is 9.93. The number of nitrogens with one attached hydrogen (secondary N) is 2. The number of carboxylic acid groups (broad SMARTS) is 1. The lowest BCUT2D eigenvalue weighted by Gasteiger charge is -2.38. The topological polar surface area (TPSA) is 112 Å². The molecule has 1 saturated heterocycles. The lowest BCUT2D eigenvalue weighted by molar-refractivity contribution is -0.134. The van der Waals surface area contributed by atoms with E-state index < -0.39 is 5.97 Å². The Labute approximate surface area is 192 Å². The summed E-state index contributed by atoms with van der Waals surface area (Å²) in [6.07, 6.45) is 0.922. The van der Waals surface area contributed by atoms with Crippen LogP contribution < -0.4 is 25.1 Å². The average Bonchev–Trinajstić information content (AvgIpc) is 2.77. The summed E-state index contributed by atoms with van der Waals surface area (Å²) >= 11 is 0. The highest BCUT2D eigenvalue weighted by Crippen LogP contribution is 2.41. The number of carbonyl (C=O) groups excluding carboxylic acids is 1. The van der Waals surface area contributed by atoms with Crippen molar-refractivity contribution >= 4 is 23.4 Å². The number of carboxylic acids is 1. The minimum atomic E-state index is -0.833. The Morgan fingerprint density at radius 2 is 2.00 bits per heavy atom. The number of fused-ring (bicyclic) bond motifs is 3. The number of ether oxygens (including phenoxy) is 2. The number of amides is 1. The number of carbonyl (C=O) groups is 2. The minimum absolute atomic E-state index is 0.115. The SMILES string of the molecule is CC(=O)O.CC1C(=O)NN=C2COc3cc(OCc4ccccc4)c(CC4CNC4)cc3N21. The van der Waals surface area contributed by atoms with Crippen LogP contribution in [0.1, 0.15) is 25.0 Å². The zero-order valence-electron chi connectivity index (χ0n) is 18.7. The zero-order chi connectivity index (χ0) is 23.4. The Morgan fingerprint density at radius 1 is 1.27 bits per heavy atom. The van der Waals surface area contributed by atoms with Crippen molar-refractivity contribution in [1.29, 1.82) is 0 Å². The fourth-order valence-electron chi connectivity index (χ4n) is 3.93. The van der Waals surface area contributed by atoms with E-state index in [4.69, 9.17) is 19.4 Å². The second-order valence-corrected chi connectivity index (χ2v) is 8.29. The van der Waals surface area contributed by atoms with E-state index in [1.54, 1.807) is 0 Å². The van der Waals surface area contributed by atoms with Crippen molar-refractivity contribution in [3.8, 4) is 11.5 Å². The van der Waals surface area contributed by atoms with Crippen molar-refractivity contribution in [2.24, 2.45) is 11.0 Å². The van der Waals surface area contributed by atoms with Gasteiger partial charge in [-0.3, -0.25) is 9.59 Å². The molecule has 1 unspecified atom stereocenters. The van der Waals surface area contributed by atoms with E-state index in [1.807, 2.05) is 36.1 Å². The molecule has 33 heavy (non-hydrogen) atoms. The molecule has 174 valence electrons. The highest BCUT2D eigenvalue weighted by molar-refractivity contribution is 6.09. The summed E-state index contributed by atoms with van der Waals surface area (Å²) in [5.74, 6) is 1.93. The quantitative estimate of drug-likeness (QED) is 0.637. The number of hydrogen-bond acceptors (Lipinski definition) is 7. The number of rotatable bonds is 5. The highest BCUT2D eigenvalue weighted by atomic mass is 16.5. The normalized spacial score (nSPS) is 18.8. The summed E-state index contributed by atoms with van der Waals surface area (Å²) in [7, 11) is 0. The number of amidine groups is 1. The Bertz CT molecular complexity index is 1050. The molecule has 5 rings (SSSR count). The molecule has 3 aliphatic rings. The van der Waals surface area contributed by atoms with Gasteiger partial charge >= 0.3 is 0 Å². The van der Waals surface area contributed by atoms with E-state index in [2.05, 4.69) is 34.0 Å². The van der Waals surface area contributed by atoms with Crippen LogP contribution >= 0.6 is 0 Å². The predicted molar refractivity (Wildman–Crippen MR) is 124 cm³/mol.